The van der Waals surface area contributed by atoms with Crippen LogP contribution in [0.1, 0.15) is 18.9 Å². The average molecular weight is 348 g/mol. The van der Waals surface area contributed by atoms with Crippen molar-refractivity contribution in [3.05, 3.63) is 53.8 Å². The molecule has 1 amide bonds. The van der Waals surface area contributed by atoms with Gasteiger partial charge >= 0.3 is 0 Å². The number of hydrogen-bond acceptors (Lipinski definition) is 3. The van der Waals surface area contributed by atoms with Gasteiger partial charge in [0.25, 0.3) is 10.0 Å². The molecule has 2 aromatic carbocycles. The van der Waals surface area contributed by atoms with Crippen molar-refractivity contribution in [2.45, 2.75) is 24.7 Å². The summed E-state index contributed by atoms with van der Waals surface area (Å²) in [5.74, 6) is -0.500. The molecule has 1 aliphatic rings. The van der Waals surface area contributed by atoms with Gasteiger partial charge in [0.15, 0.2) is 0 Å². The molecule has 5 nitrogen and oxygen atoms in total. The molecule has 7 heteroatoms. The van der Waals surface area contributed by atoms with E-state index in [0.29, 0.717) is 19.4 Å². The van der Waals surface area contributed by atoms with Gasteiger partial charge in [0.2, 0.25) is 5.91 Å². The highest BCUT2D eigenvalue weighted by Crippen LogP contribution is 2.31. The summed E-state index contributed by atoms with van der Waals surface area (Å²) in [7, 11) is -3.82. The number of nitrogens with zero attached hydrogens (tertiary/aromatic N) is 1. The van der Waals surface area contributed by atoms with E-state index in [2.05, 4.69) is 4.72 Å². The van der Waals surface area contributed by atoms with Crippen LogP contribution >= 0.6 is 0 Å². The highest BCUT2D eigenvalue weighted by molar-refractivity contribution is 7.92. The normalized spacial score (nSPS) is 13.7. The predicted octanol–water partition coefficient (Wildman–Crippen LogP) is 2.93. The number of carbonyl (C=O) groups excluding carboxylic acids is 1. The number of anilines is 2. The monoisotopic (exact) mass is 348 g/mol. The number of halogens is 1. The molecule has 1 heterocycles. The Morgan fingerprint density at radius 2 is 2.04 bits per heavy atom. The van der Waals surface area contributed by atoms with Crippen LogP contribution in [0.5, 0.6) is 0 Å². The van der Waals surface area contributed by atoms with Gasteiger partial charge in [-0.05, 0) is 48.4 Å². The summed E-state index contributed by atoms with van der Waals surface area (Å²) in [4.78, 5) is 13.7. The number of fused-ring (bicyclic) bond motifs is 1. The second kappa shape index (κ2) is 6.24. The van der Waals surface area contributed by atoms with Crippen molar-refractivity contribution >= 4 is 27.3 Å². The van der Waals surface area contributed by atoms with Crippen LogP contribution in [0.25, 0.3) is 0 Å². The number of hydrogen-bond donors (Lipinski definition) is 1. The van der Waals surface area contributed by atoms with Gasteiger partial charge in [0.05, 0.1) is 10.6 Å². The largest absolute Gasteiger partial charge is 0.312 e. The maximum atomic E-state index is 13.2. The standard InChI is InChI=1S/C17H17FN2O3S/c1-2-17(21)20-9-8-12-10-15(6-7-16(12)20)24(22,23)19-14-5-3-4-13(18)11-14/h3-7,10-11,19H,2,8-9H2,1H3. The molecule has 0 atom stereocenters. The number of rotatable bonds is 4. The number of benzene rings is 2. The first kappa shape index (κ1) is 16.4. The van der Waals surface area contributed by atoms with Crippen molar-refractivity contribution in [1.82, 2.24) is 0 Å². The third-order valence-corrected chi connectivity index (χ3v) is 5.32. The fourth-order valence-electron chi connectivity index (χ4n) is 2.76. The Labute approximate surface area is 140 Å². The van der Waals surface area contributed by atoms with Gasteiger partial charge in [-0.15, -0.1) is 0 Å². The molecule has 3 rings (SSSR count). The Bertz CT molecular complexity index is 896. The van der Waals surface area contributed by atoms with E-state index >= 15 is 0 Å². The summed E-state index contributed by atoms with van der Waals surface area (Å²) in [5.41, 5.74) is 1.74. The minimum Gasteiger partial charge on any atom is -0.312 e. The number of sulfonamides is 1. The highest BCUT2D eigenvalue weighted by atomic mass is 32.2. The molecular weight excluding hydrogens is 331 g/mol. The van der Waals surface area contributed by atoms with Crippen LogP contribution in [0.3, 0.4) is 0 Å². The summed E-state index contributed by atoms with van der Waals surface area (Å²) >= 11 is 0. The number of amides is 1. The predicted molar refractivity (Wildman–Crippen MR) is 90.0 cm³/mol. The lowest BCUT2D eigenvalue weighted by Gasteiger charge is -2.16. The van der Waals surface area contributed by atoms with E-state index in [0.717, 1.165) is 17.3 Å². The molecule has 24 heavy (non-hydrogen) atoms. The van der Waals surface area contributed by atoms with Crippen LogP contribution in [-0.2, 0) is 21.2 Å². The van der Waals surface area contributed by atoms with Gasteiger partial charge in [-0.1, -0.05) is 13.0 Å². The van der Waals surface area contributed by atoms with E-state index < -0.39 is 15.8 Å². The van der Waals surface area contributed by atoms with Gasteiger partial charge in [-0.25, -0.2) is 12.8 Å². The molecule has 0 aliphatic carbocycles. The zero-order valence-electron chi connectivity index (χ0n) is 13.1. The van der Waals surface area contributed by atoms with E-state index in [4.69, 9.17) is 0 Å². The molecule has 1 N–H and O–H groups in total. The quantitative estimate of drug-likeness (QED) is 0.924. The maximum absolute atomic E-state index is 13.2. The van der Waals surface area contributed by atoms with Gasteiger partial charge in [0.1, 0.15) is 5.82 Å². The fraction of sp³-hybridized carbons (Fsp3) is 0.235. The molecule has 0 saturated carbocycles. The zero-order valence-corrected chi connectivity index (χ0v) is 13.9. The van der Waals surface area contributed by atoms with Crippen LogP contribution in [0.2, 0.25) is 0 Å². The van der Waals surface area contributed by atoms with Gasteiger partial charge in [-0.2, -0.15) is 0 Å². The Morgan fingerprint density at radius 3 is 2.75 bits per heavy atom. The summed E-state index contributed by atoms with van der Waals surface area (Å²) in [6, 6.07) is 9.95. The van der Waals surface area contributed by atoms with Crippen molar-refractivity contribution in [3.8, 4) is 0 Å². The smallest absolute Gasteiger partial charge is 0.261 e. The lowest BCUT2D eigenvalue weighted by molar-refractivity contribution is -0.118. The van der Waals surface area contributed by atoms with Crippen LogP contribution in [0, 0.1) is 5.82 Å². The van der Waals surface area contributed by atoms with E-state index in [-0.39, 0.29) is 16.5 Å². The highest BCUT2D eigenvalue weighted by Gasteiger charge is 2.25. The van der Waals surface area contributed by atoms with E-state index in [1.54, 1.807) is 24.0 Å². The lowest BCUT2D eigenvalue weighted by atomic mass is 10.2. The Balaban J connectivity index is 1.89. The molecule has 126 valence electrons. The van der Waals surface area contributed by atoms with E-state index in [1.807, 2.05) is 0 Å². The Kier molecular flexibility index (Phi) is 4.28. The molecule has 1 aliphatic heterocycles. The summed E-state index contributed by atoms with van der Waals surface area (Å²) < 4.78 is 40.5. The zero-order chi connectivity index (χ0) is 17.3. The molecular formula is C17H17FN2O3S. The summed E-state index contributed by atoms with van der Waals surface area (Å²) in [6.07, 6.45) is 1.02. The molecule has 0 radical (unpaired) electrons. The van der Waals surface area contributed by atoms with Crippen molar-refractivity contribution in [2.75, 3.05) is 16.2 Å². The Morgan fingerprint density at radius 1 is 1.25 bits per heavy atom. The van der Waals surface area contributed by atoms with E-state index in [1.165, 1.54) is 24.3 Å². The SMILES string of the molecule is CCC(=O)N1CCc2cc(S(=O)(=O)Nc3cccc(F)c3)ccc21. The average Bonchev–Trinajstić information content (AvgIpc) is 2.97. The molecule has 0 spiro atoms. The molecule has 0 bridgehead atoms. The molecule has 0 fully saturated rings. The summed E-state index contributed by atoms with van der Waals surface area (Å²) in [6.45, 7) is 2.35. The van der Waals surface area contributed by atoms with Crippen LogP contribution in [-0.4, -0.2) is 20.9 Å². The van der Waals surface area contributed by atoms with Crippen molar-refractivity contribution in [1.29, 1.82) is 0 Å². The van der Waals surface area contributed by atoms with Crippen LogP contribution in [0.4, 0.5) is 15.8 Å². The molecule has 0 unspecified atom stereocenters. The first-order chi connectivity index (χ1) is 11.4. The molecule has 2 aromatic rings. The van der Waals surface area contributed by atoms with Gasteiger partial charge < -0.3 is 4.90 Å². The summed E-state index contributed by atoms with van der Waals surface area (Å²) in [5, 5.41) is 0. The van der Waals surface area contributed by atoms with Gasteiger partial charge in [0, 0.05) is 18.7 Å². The third kappa shape index (κ3) is 3.12. The molecule has 0 saturated heterocycles. The Hall–Kier alpha value is -2.41. The van der Waals surface area contributed by atoms with Crippen LogP contribution < -0.4 is 9.62 Å². The maximum Gasteiger partial charge on any atom is 0.261 e. The minimum atomic E-state index is -3.82. The van der Waals surface area contributed by atoms with Crippen LogP contribution in [0.15, 0.2) is 47.4 Å². The lowest BCUT2D eigenvalue weighted by Crippen LogP contribution is -2.27. The first-order valence-electron chi connectivity index (χ1n) is 7.62. The fourth-order valence-corrected chi connectivity index (χ4v) is 3.86. The van der Waals surface area contributed by atoms with Gasteiger partial charge in [-0.3, -0.25) is 9.52 Å². The third-order valence-electron chi connectivity index (χ3n) is 3.94. The minimum absolute atomic E-state index is 0.0160. The van der Waals surface area contributed by atoms with Crippen molar-refractivity contribution < 1.29 is 17.6 Å². The number of carbonyl (C=O) groups is 1. The van der Waals surface area contributed by atoms with Crippen molar-refractivity contribution in [3.63, 3.8) is 0 Å². The van der Waals surface area contributed by atoms with Crippen molar-refractivity contribution in [2.24, 2.45) is 0 Å². The number of nitrogens with one attached hydrogen (secondary N) is 1. The second-order valence-corrected chi connectivity index (χ2v) is 7.24. The molecule has 0 aromatic heterocycles. The van der Waals surface area contributed by atoms with E-state index in [9.17, 15) is 17.6 Å². The first-order valence-corrected chi connectivity index (χ1v) is 9.10. The second-order valence-electron chi connectivity index (χ2n) is 5.56. The topological polar surface area (TPSA) is 66.5 Å².